The minimum Gasteiger partial charge on any atom is -0.387 e. The molecule has 1 aliphatic rings. The Kier molecular flexibility index (Phi) is 7.44. The van der Waals surface area contributed by atoms with Gasteiger partial charge in [0.15, 0.2) is 0 Å². The van der Waals surface area contributed by atoms with Gasteiger partial charge in [0.2, 0.25) is 5.91 Å². The maximum Gasteiger partial charge on any atom is 0.226 e. The Hall–Kier alpha value is -1.40. The maximum absolute atomic E-state index is 13.0. The Morgan fingerprint density at radius 3 is 2.64 bits per heavy atom. The van der Waals surface area contributed by atoms with Crippen molar-refractivity contribution >= 4 is 29.7 Å². The van der Waals surface area contributed by atoms with E-state index in [4.69, 9.17) is 5.73 Å². The number of hydrogen-bond acceptors (Lipinski definition) is 4. The predicted octanol–water partition coefficient (Wildman–Crippen LogP) is 3.36. The number of nitrogens with two attached hydrogens (primary N) is 1. The van der Waals surface area contributed by atoms with Crippen LogP contribution in [0, 0.1) is 5.92 Å². The highest BCUT2D eigenvalue weighted by Crippen LogP contribution is 2.28. The number of nitrogens with zero attached hydrogens (tertiary/aromatic N) is 1. The van der Waals surface area contributed by atoms with Crippen molar-refractivity contribution < 1.29 is 9.90 Å². The molecule has 0 radical (unpaired) electrons. The number of carbonyl (C=O) groups is 1. The number of benzene rings is 1. The number of hydrogen-bond donors (Lipinski definition) is 2. The molecule has 4 nitrogen and oxygen atoms in total. The summed E-state index contributed by atoms with van der Waals surface area (Å²) >= 11 is 1.55. The molecule has 3 N–H and O–H groups in total. The van der Waals surface area contributed by atoms with Crippen LogP contribution in [-0.2, 0) is 11.3 Å². The van der Waals surface area contributed by atoms with Crippen LogP contribution in [0.4, 0.5) is 0 Å². The van der Waals surface area contributed by atoms with Crippen LogP contribution in [0.2, 0.25) is 0 Å². The van der Waals surface area contributed by atoms with Gasteiger partial charge in [-0.2, -0.15) is 11.3 Å². The van der Waals surface area contributed by atoms with Crippen LogP contribution < -0.4 is 5.73 Å². The van der Waals surface area contributed by atoms with Crippen LogP contribution >= 0.6 is 23.7 Å². The molecule has 0 aliphatic heterocycles. The van der Waals surface area contributed by atoms with Crippen LogP contribution in [-0.4, -0.2) is 28.5 Å². The van der Waals surface area contributed by atoms with Gasteiger partial charge < -0.3 is 15.7 Å². The van der Waals surface area contributed by atoms with Gasteiger partial charge in [0.1, 0.15) is 0 Å². The van der Waals surface area contributed by atoms with Crippen LogP contribution in [0.25, 0.3) is 0 Å². The van der Waals surface area contributed by atoms with Crippen LogP contribution in [0.3, 0.4) is 0 Å². The lowest BCUT2D eigenvalue weighted by atomic mass is 10.0. The molecule has 1 aliphatic carbocycles. The van der Waals surface area contributed by atoms with Crippen molar-refractivity contribution in [3.05, 3.63) is 58.3 Å². The van der Waals surface area contributed by atoms with Crippen molar-refractivity contribution in [3.63, 3.8) is 0 Å². The number of thiophene rings is 1. The molecule has 1 fully saturated rings. The molecular weight excluding hydrogens is 356 g/mol. The summed E-state index contributed by atoms with van der Waals surface area (Å²) < 4.78 is 0. The molecule has 1 aromatic carbocycles. The van der Waals surface area contributed by atoms with Gasteiger partial charge in [0.05, 0.1) is 12.6 Å². The number of aliphatic hydroxyl groups excluding tert-OH is 1. The molecule has 0 saturated heterocycles. The largest absolute Gasteiger partial charge is 0.387 e. The molecule has 6 heteroatoms. The normalized spacial score (nSPS) is 20.7. The number of rotatable bonds is 6. The summed E-state index contributed by atoms with van der Waals surface area (Å²) in [7, 11) is 0. The quantitative estimate of drug-likeness (QED) is 0.807. The average Bonchev–Trinajstić information content (AvgIpc) is 3.26. The lowest BCUT2D eigenvalue weighted by molar-refractivity contribution is -0.137. The Bertz CT molecular complexity index is 651. The van der Waals surface area contributed by atoms with E-state index in [1.165, 1.54) is 0 Å². The van der Waals surface area contributed by atoms with E-state index >= 15 is 0 Å². The van der Waals surface area contributed by atoms with E-state index in [-0.39, 0.29) is 30.3 Å². The molecule has 1 heterocycles. The summed E-state index contributed by atoms with van der Waals surface area (Å²) in [6, 6.07) is 12.0. The Morgan fingerprint density at radius 2 is 2.04 bits per heavy atom. The monoisotopic (exact) mass is 380 g/mol. The van der Waals surface area contributed by atoms with Crippen LogP contribution in [0.5, 0.6) is 0 Å². The Labute approximate surface area is 159 Å². The highest BCUT2D eigenvalue weighted by atomic mass is 35.5. The molecule has 0 bridgehead atoms. The minimum atomic E-state index is -0.654. The fourth-order valence-electron chi connectivity index (χ4n) is 3.31. The summed E-state index contributed by atoms with van der Waals surface area (Å²) in [5.74, 6) is 0.0967. The van der Waals surface area contributed by atoms with Gasteiger partial charge in [-0.15, -0.1) is 12.4 Å². The first-order valence-corrected chi connectivity index (χ1v) is 9.36. The van der Waals surface area contributed by atoms with Gasteiger partial charge in [-0.1, -0.05) is 30.3 Å². The fourth-order valence-corrected chi connectivity index (χ4v) is 4.02. The second kappa shape index (κ2) is 9.34. The van der Waals surface area contributed by atoms with Gasteiger partial charge in [-0.05, 0) is 47.2 Å². The van der Waals surface area contributed by atoms with Crippen molar-refractivity contribution in [1.82, 2.24) is 4.90 Å². The smallest absolute Gasteiger partial charge is 0.226 e. The molecule has 1 aromatic heterocycles. The van der Waals surface area contributed by atoms with E-state index in [0.29, 0.717) is 13.1 Å². The Balaban J connectivity index is 0.00000225. The van der Waals surface area contributed by atoms with E-state index in [1.807, 2.05) is 47.2 Å². The molecule has 1 saturated carbocycles. The van der Waals surface area contributed by atoms with Crippen LogP contribution in [0.15, 0.2) is 47.2 Å². The standard InChI is InChI=1S/C19H24N2O2S.ClH/c20-17-7-6-15(10-17)19(23)21(11-14-4-2-1-3-5-14)12-18(22)16-8-9-24-13-16;/h1-5,8-9,13,15,17-18,22H,6-7,10-12,20H2;1H. The van der Waals surface area contributed by atoms with Crippen molar-refractivity contribution in [2.75, 3.05) is 6.54 Å². The van der Waals surface area contributed by atoms with Gasteiger partial charge in [-0.3, -0.25) is 4.79 Å². The molecule has 136 valence electrons. The lowest BCUT2D eigenvalue weighted by Gasteiger charge is -2.28. The van der Waals surface area contributed by atoms with Crippen molar-refractivity contribution in [2.24, 2.45) is 11.7 Å². The third-order valence-electron chi connectivity index (χ3n) is 4.67. The highest BCUT2D eigenvalue weighted by Gasteiger charge is 2.32. The molecule has 2 aromatic rings. The predicted molar refractivity (Wildman–Crippen MR) is 104 cm³/mol. The zero-order chi connectivity index (χ0) is 16.9. The van der Waals surface area contributed by atoms with Crippen LogP contribution in [0.1, 0.15) is 36.5 Å². The van der Waals surface area contributed by atoms with Gasteiger partial charge >= 0.3 is 0 Å². The molecule has 3 rings (SSSR count). The number of amides is 1. The third kappa shape index (κ3) is 5.28. The molecule has 25 heavy (non-hydrogen) atoms. The summed E-state index contributed by atoms with van der Waals surface area (Å²) in [5, 5.41) is 14.4. The summed E-state index contributed by atoms with van der Waals surface area (Å²) in [5.41, 5.74) is 7.92. The highest BCUT2D eigenvalue weighted by molar-refractivity contribution is 7.07. The van der Waals surface area contributed by atoms with E-state index in [1.54, 1.807) is 16.2 Å². The zero-order valence-corrected chi connectivity index (χ0v) is 15.7. The lowest BCUT2D eigenvalue weighted by Crippen LogP contribution is -2.38. The molecule has 1 amide bonds. The summed E-state index contributed by atoms with van der Waals surface area (Å²) in [4.78, 5) is 14.8. The van der Waals surface area contributed by atoms with Gasteiger partial charge in [-0.25, -0.2) is 0 Å². The van der Waals surface area contributed by atoms with Crippen molar-refractivity contribution in [2.45, 2.75) is 38.0 Å². The SMILES string of the molecule is Cl.NC1CCC(C(=O)N(Cc2ccccc2)CC(O)c2ccsc2)C1. The molecule has 0 spiro atoms. The van der Waals surface area contributed by atoms with Gasteiger partial charge in [0.25, 0.3) is 0 Å². The van der Waals surface area contributed by atoms with Crippen molar-refractivity contribution in [1.29, 1.82) is 0 Å². The molecule has 3 atom stereocenters. The second-order valence-corrected chi connectivity index (χ2v) is 7.33. The first-order chi connectivity index (χ1) is 11.6. The van der Waals surface area contributed by atoms with E-state index in [0.717, 1.165) is 30.4 Å². The number of carbonyl (C=O) groups excluding carboxylic acids is 1. The summed E-state index contributed by atoms with van der Waals surface area (Å²) in [6.45, 7) is 0.836. The fraction of sp³-hybridized carbons (Fsp3) is 0.421. The number of halogens is 1. The van der Waals surface area contributed by atoms with Crippen molar-refractivity contribution in [3.8, 4) is 0 Å². The number of aliphatic hydroxyl groups is 1. The van der Waals surface area contributed by atoms with E-state index in [9.17, 15) is 9.90 Å². The maximum atomic E-state index is 13.0. The first kappa shape index (κ1) is 19.9. The Morgan fingerprint density at radius 1 is 1.28 bits per heavy atom. The average molecular weight is 381 g/mol. The zero-order valence-electron chi connectivity index (χ0n) is 14.1. The summed E-state index contributed by atoms with van der Waals surface area (Å²) in [6.07, 6.45) is 1.85. The van der Waals surface area contributed by atoms with Gasteiger partial charge in [0, 0.05) is 18.5 Å². The second-order valence-electron chi connectivity index (χ2n) is 6.55. The first-order valence-electron chi connectivity index (χ1n) is 8.42. The van der Waals surface area contributed by atoms with E-state index in [2.05, 4.69) is 0 Å². The molecular formula is C19H25ClN2O2S. The third-order valence-corrected chi connectivity index (χ3v) is 5.37. The van der Waals surface area contributed by atoms with E-state index < -0.39 is 6.10 Å². The minimum absolute atomic E-state index is 0. The topological polar surface area (TPSA) is 66.6 Å². The molecule has 3 unspecified atom stereocenters.